The van der Waals surface area contributed by atoms with Gasteiger partial charge in [0.15, 0.2) is 0 Å². The molecule has 4 nitrogen and oxygen atoms in total. The second-order valence-corrected chi connectivity index (χ2v) is 3.46. The van der Waals surface area contributed by atoms with E-state index in [1.54, 1.807) is 17.1 Å². The zero-order chi connectivity index (χ0) is 11.4. The van der Waals surface area contributed by atoms with Gasteiger partial charge in [0.25, 0.3) is 0 Å². The number of carbonyl (C=O) groups excluding carboxylic acids is 1. The molecule has 0 aliphatic heterocycles. The number of aryl methyl sites for hydroxylation is 1. The minimum atomic E-state index is 0.314. The number of nitrogens with zero attached hydrogens (tertiary/aromatic N) is 3. The van der Waals surface area contributed by atoms with E-state index < -0.39 is 0 Å². The van der Waals surface area contributed by atoms with E-state index >= 15 is 0 Å². The number of hydrogen-bond donors (Lipinski definition) is 0. The maximum absolute atomic E-state index is 10.5. The number of rotatable bonds is 4. The van der Waals surface area contributed by atoms with Crippen molar-refractivity contribution in [2.75, 3.05) is 0 Å². The largest absolute Gasteiger partial charge is 0.301 e. The molecule has 0 amide bonds. The van der Waals surface area contributed by atoms with Crippen LogP contribution in [0.4, 0.5) is 0 Å². The van der Waals surface area contributed by atoms with Crippen LogP contribution in [-0.4, -0.2) is 21.1 Å². The molecule has 0 saturated carbocycles. The summed E-state index contributed by atoms with van der Waals surface area (Å²) in [5, 5.41) is 4.40. The summed E-state index contributed by atoms with van der Waals surface area (Å²) in [7, 11) is 0. The van der Waals surface area contributed by atoms with Gasteiger partial charge in [-0.1, -0.05) is 6.92 Å². The van der Waals surface area contributed by atoms with Crippen LogP contribution in [0.5, 0.6) is 0 Å². The predicted octanol–water partition coefficient (Wildman–Crippen LogP) is 1.71. The molecule has 0 aliphatic rings. The van der Waals surface area contributed by atoms with Crippen molar-refractivity contribution < 1.29 is 4.79 Å². The quantitative estimate of drug-likeness (QED) is 0.729. The molecule has 0 atom stereocenters. The molecule has 0 aromatic carbocycles. The standard InChI is InChI=1S/C12H13N3O/c1-2-11-9-12(14-15(11)7-8-16)10-3-5-13-6-4-10/h3-6,8-9H,2,7H2,1H3. The topological polar surface area (TPSA) is 47.8 Å². The van der Waals surface area contributed by atoms with Crippen LogP contribution in [0.2, 0.25) is 0 Å². The number of aldehydes is 1. The lowest BCUT2D eigenvalue weighted by Gasteiger charge is -1.98. The number of pyridine rings is 1. The minimum Gasteiger partial charge on any atom is -0.301 e. The summed E-state index contributed by atoms with van der Waals surface area (Å²) in [4.78, 5) is 14.5. The van der Waals surface area contributed by atoms with Gasteiger partial charge in [-0.15, -0.1) is 0 Å². The highest BCUT2D eigenvalue weighted by Crippen LogP contribution is 2.18. The number of carbonyl (C=O) groups is 1. The summed E-state index contributed by atoms with van der Waals surface area (Å²) in [6, 6.07) is 5.83. The molecule has 2 heterocycles. The van der Waals surface area contributed by atoms with E-state index in [1.165, 1.54) is 0 Å². The Balaban J connectivity index is 2.39. The van der Waals surface area contributed by atoms with E-state index in [-0.39, 0.29) is 0 Å². The molecule has 2 rings (SSSR count). The highest BCUT2D eigenvalue weighted by Gasteiger charge is 2.07. The van der Waals surface area contributed by atoms with Crippen LogP contribution >= 0.6 is 0 Å². The van der Waals surface area contributed by atoms with Crippen molar-refractivity contribution in [3.05, 3.63) is 36.3 Å². The van der Waals surface area contributed by atoms with Crippen LogP contribution in [0.25, 0.3) is 11.3 Å². The van der Waals surface area contributed by atoms with Crippen molar-refractivity contribution in [1.29, 1.82) is 0 Å². The van der Waals surface area contributed by atoms with Gasteiger partial charge >= 0.3 is 0 Å². The van der Waals surface area contributed by atoms with E-state index in [9.17, 15) is 4.79 Å². The van der Waals surface area contributed by atoms with Gasteiger partial charge in [0.1, 0.15) is 6.29 Å². The molecule has 0 spiro atoms. The summed E-state index contributed by atoms with van der Waals surface area (Å²) < 4.78 is 1.74. The van der Waals surface area contributed by atoms with Crippen LogP contribution in [0, 0.1) is 0 Å². The normalized spacial score (nSPS) is 10.3. The average Bonchev–Trinajstić information content (AvgIpc) is 2.74. The highest BCUT2D eigenvalue weighted by molar-refractivity contribution is 5.59. The van der Waals surface area contributed by atoms with Gasteiger partial charge in [-0.3, -0.25) is 9.67 Å². The molecular weight excluding hydrogens is 202 g/mol. The molecule has 2 aromatic rings. The smallest absolute Gasteiger partial charge is 0.141 e. The van der Waals surface area contributed by atoms with Crippen molar-refractivity contribution in [3.63, 3.8) is 0 Å². The van der Waals surface area contributed by atoms with Gasteiger partial charge in [-0.05, 0) is 24.6 Å². The molecule has 0 fully saturated rings. The molecule has 0 aliphatic carbocycles. The maximum atomic E-state index is 10.5. The molecule has 0 radical (unpaired) electrons. The summed E-state index contributed by atoms with van der Waals surface area (Å²) in [6.07, 6.45) is 5.20. The van der Waals surface area contributed by atoms with E-state index in [0.29, 0.717) is 6.54 Å². The first kappa shape index (κ1) is 10.5. The van der Waals surface area contributed by atoms with Gasteiger partial charge in [0.2, 0.25) is 0 Å². The number of hydrogen-bond acceptors (Lipinski definition) is 3. The van der Waals surface area contributed by atoms with Crippen molar-refractivity contribution in [3.8, 4) is 11.3 Å². The zero-order valence-corrected chi connectivity index (χ0v) is 9.13. The van der Waals surface area contributed by atoms with E-state index in [2.05, 4.69) is 17.0 Å². The first-order valence-electron chi connectivity index (χ1n) is 5.26. The highest BCUT2D eigenvalue weighted by atomic mass is 16.1. The fourth-order valence-corrected chi connectivity index (χ4v) is 1.63. The van der Waals surface area contributed by atoms with Crippen molar-refractivity contribution >= 4 is 6.29 Å². The molecule has 0 N–H and O–H groups in total. The summed E-state index contributed by atoms with van der Waals surface area (Å²) in [5.41, 5.74) is 2.98. The summed E-state index contributed by atoms with van der Waals surface area (Å²) in [5.74, 6) is 0. The lowest BCUT2D eigenvalue weighted by Crippen LogP contribution is -2.04. The molecule has 82 valence electrons. The molecule has 0 unspecified atom stereocenters. The second-order valence-electron chi connectivity index (χ2n) is 3.46. The van der Waals surface area contributed by atoms with Gasteiger partial charge in [0.05, 0.1) is 12.2 Å². The SMILES string of the molecule is CCc1cc(-c2ccncc2)nn1CC=O. The molecule has 4 heteroatoms. The zero-order valence-electron chi connectivity index (χ0n) is 9.13. The molecule has 2 aromatic heterocycles. The van der Waals surface area contributed by atoms with Crippen molar-refractivity contribution in [2.24, 2.45) is 0 Å². The van der Waals surface area contributed by atoms with Gasteiger partial charge in [-0.2, -0.15) is 5.10 Å². The Morgan fingerprint density at radius 3 is 2.75 bits per heavy atom. The fourth-order valence-electron chi connectivity index (χ4n) is 1.63. The Morgan fingerprint density at radius 1 is 1.38 bits per heavy atom. The lowest BCUT2D eigenvalue weighted by molar-refractivity contribution is -0.108. The number of aromatic nitrogens is 3. The van der Waals surface area contributed by atoms with Crippen LogP contribution in [0.15, 0.2) is 30.6 Å². The lowest BCUT2D eigenvalue weighted by atomic mass is 10.2. The van der Waals surface area contributed by atoms with Gasteiger partial charge in [0, 0.05) is 23.7 Å². The maximum Gasteiger partial charge on any atom is 0.141 e. The molecule has 16 heavy (non-hydrogen) atoms. The predicted molar refractivity (Wildman–Crippen MR) is 60.9 cm³/mol. The van der Waals surface area contributed by atoms with Crippen LogP contribution in [-0.2, 0) is 17.8 Å². The monoisotopic (exact) mass is 215 g/mol. The van der Waals surface area contributed by atoms with Crippen LogP contribution < -0.4 is 0 Å². The summed E-state index contributed by atoms with van der Waals surface area (Å²) >= 11 is 0. The molecular formula is C12H13N3O. The Bertz CT molecular complexity index is 476. The van der Waals surface area contributed by atoms with Gasteiger partial charge in [-0.25, -0.2) is 0 Å². The molecule has 0 saturated heterocycles. The van der Waals surface area contributed by atoms with E-state index in [0.717, 1.165) is 29.7 Å². The average molecular weight is 215 g/mol. The molecule has 0 bridgehead atoms. The first-order valence-corrected chi connectivity index (χ1v) is 5.26. The summed E-state index contributed by atoms with van der Waals surface area (Å²) in [6.45, 7) is 2.36. The van der Waals surface area contributed by atoms with Gasteiger partial charge < -0.3 is 4.79 Å². The third-order valence-corrected chi connectivity index (χ3v) is 2.45. The third kappa shape index (κ3) is 2.00. The third-order valence-electron chi connectivity index (χ3n) is 2.45. The van der Waals surface area contributed by atoms with E-state index in [1.807, 2.05) is 18.2 Å². The first-order chi connectivity index (χ1) is 7.85. The van der Waals surface area contributed by atoms with Crippen molar-refractivity contribution in [1.82, 2.24) is 14.8 Å². The fraction of sp³-hybridized carbons (Fsp3) is 0.250. The Kier molecular flexibility index (Phi) is 3.10. The minimum absolute atomic E-state index is 0.314. The van der Waals surface area contributed by atoms with Crippen molar-refractivity contribution in [2.45, 2.75) is 19.9 Å². The van der Waals surface area contributed by atoms with E-state index in [4.69, 9.17) is 0 Å². The second kappa shape index (κ2) is 4.70. The van der Waals surface area contributed by atoms with Crippen LogP contribution in [0.3, 0.4) is 0 Å². The Hall–Kier alpha value is -1.97. The Labute approximate surface area is 93.9 Å². The Morgan fingerprint density at radius 2 is 2.12 bits per heavy atom. The van der Waals surface area contributed by atoms with Crippen LogP contribution in [0.1, 0.15) is 12.6 Å².